The molecule has 1 aliphatic rings. The molecule has 1 aliphatic heterocycles. The first-order chi connectivity index (χ1) is 9.08. The van der Waals surface area contributed by atoms with Gasteiger partial charge in [0.2, 0.25) is 5.91 Å². The van der Waals surface area contributed by atoms with Gasteiger partial charge in [-0.05, 0) is 50.9 Å². The molecule has 0 spiro atoms. The summed E-state index contributed by atoms with van der Waals surface area (Å²) in [4.78, 5) is 14.3. The van der Waals surface area contributed by atoms with Gasteiger partial charge in [0.1, 0.15) is 0 Å². The maximum absolute atomic E-state index is 12.4. The number of hydrogen-bond acceptors (Lipinski definition) is 2. The van der Waals surface area contributed by atoms with E-state index in [4.69, 9.17) is 0 Å². The molecule has 0 atom stereocenters. The van der Waals surface area contributed by atoms with Crippen LogP contribution in [0.3, 0.4) is 0 Å². The predicted molar refractivity (Wildman–Crippen MR) is 85.5 cm³/mol. The van der Waals surface area contributed by atoms with Crippen molar-refractivity contribution in [3.63, 3.8) is 0 Å². The molecule has 0 saturated carbocycles. The second kappa shape index (κ2) is 7.65. The van der Waals surface area contributed by atoms with Crippen LogP contribution >= 0.6 is 12.4 Å². The molecule has 0 aromatic heterocycles. The molecule has 4 heteroatoms. The number of carbonyl (C=O) groups is 1. The van der Waals surface area contributed by atoms with Crippen LogP contribution in [-0.4, -0.2) is 37.0 Å². The molecule has 1 aromatic carbocycles. The summed E-state index contributed by atoms with van der Waals surface area (Å²) in [5.41, 5.74) is 3.58. The van der Waals surface area contributed by atoms with E-state index in [2.05, 4.69) is 37.4 Å². The van der Waals surface area contributed by atoms with Gasteiger partial charge in [0.25, 0.3) is 0 Å². The van der Waals surface area contributed by atoms with Gasteiger partial charge in [0.15, 0.2) is 0 Å². The quantitative estimate of drug-likeness (QED) is 0.929. The van der Waals surface area contributed by atoms with E-state index < -0.39 is 0 Å². The second-order valence-corrected chi connectivity index (χ2v) is 5.59. The number of nitrogens with one attached hydrogen (secondary N) is 1. The van der Waals surface area contributed by atoms with Crippen LogP contribution in [0.1, 0.15) is 29.5 Å². The fourth-order valence-electron chi connectivity index (χ4n) is 2.68. The van der Waals surface area contributed by atoms with Gasteiger partial charge in [0.05, 0.1) is 6.42 Å². The maximum atomic E-state index is 12.4. The van der Waals surface area contributed by atoms with Crippen molar-refractivity contribution in [1.82, 2.24) is 10.2 Å². The van der Waals surface area contributed by atoms with Crippen LogP contribution in [0.15, 0.2) is 18.2 Å². The third-order valence-corrected chi connectivity index (χ3v) is 4.10. The molecule has 1 aromatic rings. The highest BCUT2D eigenvalue weighted by Gasteiger charge is 2.22. The summed E-state index contributed by atoms with van der Waals surface area (Å²) in [6.45, 7) is 6.19. The molecule has 0 bridgehead atoms. The Morgan fingerprint density at radius 2 is 1.95 bits per heavy atom. The molecule has 0 unspecified atom stereocenters. The molecular formula is C16H25ClN2O. The molecule has 0 aliphatic carbocycles. The zero-order chi connectivity index (χ0) is 13.8. The Balaban J connectivity index is 0.00000200. The van der Waals surface area contributed by atoms with Crippen molar-refractivity contribution in [3.05, 3.63) is 34.9 Å². The number of amides is 1. The third kappa shape index (κ3) is 4.22. The Morgan fingerprint density at radius 1 is 1.30 bits per heavy atom. The monoisotopic (exact) mass is 296 g/mol. The molecule has 2 rings (SSSR count). The Labute approximate surface area is 128 Å². The van der Waals surface area contributed by atoms with Gasteiger partial charge < -0.3 is 10.2 Å². The molecule has 1 fully saturated rings. The normalized spacial score (nSPS) is 15.6. The van der Waals surface area contributed by atoms with Crippen molar-refractivity contribution in [2.45, 2.75) is 39.2 Å². The first kappa shape index (κ1) is 17.0. The minimum Gasteiger partial charge on any atom is -0.342 e. The van der Waals surface area contributed by atoms with Gasteiger partial charge >= 0.3 is 0 Å². The lowest BCUT2D eigenvalue weighted by molar-refractivity contribution is -0.131. The molecule has 1 saturated heterocycles. The number of piperidine rings is 1. The van der Waals surface area contributed by atoms with Crippen LogP contribution in [0.5, 0.6) is 0 Å². The number of nitrogens with zero attached hydrogens (tertiary/aromatic N) is 1. The molecule has 1 N–H and O–H groups in total. The highest BCUT2D eigenvalue weighted by molar-refractivity contribution is 5.85. The fraction of sp³-hybridized carbons (Fsp3) is 0.562. The molecule has 20 heavy (non-hydrogen) atoms. The average Bonchev–Trinajstić information content (AvgIpc) is 2.43. The summed E-state index contributed by atoms with van der Waals surface area (Å²) in [6, 6.07) is 6.73. The van der Waals surface area contributed by atoms with E-state index in [1.54, 1.807) is 0 Å². The molecule has 0 radical (unpaired) electrons. The fourth-order valence-corrected chi connectivity index (χ4v) is 2.68. The van der Waals surface area contributed by atoms with E-state index in [1.807, 2.05) is 11.9 Å². The first-order valence-corrected chi connectivity index (χ1v) is 7.10. The molecular weight excluding hydrogens is 272 g/mol. The Hall–Kier alpha value is -1.06. The lowest BCUT2D eigenvalue weighted by Gasteiger charge is -2.32. The van der Waals surface area contributed by atoms with Crippen molar-refractivity contribution in [2.24, 2.45) is 0 Å². The standard InChI is InChI=1S/C16H24N2O.ClH/c1-12-4-5-13(2)14(10-12)11-16(19)18(3)15-6-8-17-9-7-15;/h4-5,10,15,17H,6-9,11H2,1-3H3;1H. The lowest BCUT2D eigenvalue weighted by Crippen LogP contribution is -2.44. The lowest BCUT2D eigenvalue weighted by atomic mass is 10.0. The topological polar surface area (TPSA) is 32.3 Å². The van der Waals surface area contributed by atoms with Crippen LogP contribution in [-0.2, 0) is 11.2 Å². The first-order valence-electron chi connectivity index (χ1n) is 7.10. The molecule has 1 heterocycles. The van der Waals surface area contributed by atoms with Gasteiger partial charge in [-0.3, -0.25) is 4.79 Å². The van der Waals surface area contributed by atoms with E-state index in [1.165, 1.54) is 11.1 Å². The SMILES string of the molecule is Cc1ccc(C)c(CC(=O)N(C)C2CCNCC2)c1.Cl. The molecule has 3 nitrogen and oxygen atoms in total. The average molecular weight is 297 g/mol. The predicted octanol–water partition coefficient (Wildman–Crippen LogP) is 2.48. The Kier molecular flexibility index (Phi) is 6.50. The van der Waals surface area contributed by atoms with Crippen LogP contribution in [0.4, 0.5) is 0 Å². The molecule has 1 amide bonds. The Bertz CT molecular complexity index is 456. The van der Waals surface area contributed by atoms with Crippen LogP contribution in [0, 0.1) is 13.8 Å². The number of hydrogen-bond donors (Lipinski definition) is 1. The van der Waals surface area contributed by atoms with Gasteiger partial charge in [-0.1, -0.05) is 23.8 Å². The van der Waals surface area contributed by atoms with Gasteiger partial charge in [-0.2, -0.15) is 0 Å². The second-order valence-electron chi connectivity index (χ2n) is 5.59. The van der Waals surface area contributed by atoms with Crippen LogP contribution < -0.4 is 5.32 Å². The smallest absolute Gasteiger partial charge is 0.226 e. The van der Waals surface area contributed by atoms with E-state index in [9.17, 15) is 4.79 Å². The Morgan fingerprint density at radius 3 is 2.60 bits per heavy atom. The summed E-state index contributed by atoms with van der Waals surface area (Å²) >= 11 is 0. The van der Waals surface area contributed by atoms with Crippen molar-refractivity contribution in [3.8, 4) is 0 Å². The summed E-state index contributed by atoms with van der Waals surface area (Å²) in [5.74, 6) is 0.237. The van der Waals surface area contributed by atoms with Gasteiger partial charge in [0, 0.05) is 13.1 Å². The highest BCUT2D eigenvalue weighted by atomic mass is 35.5. The number of carbonyl (C=O) groups excluding carboxylic acids is 1. The van der Waals surface area contributed by atoms with E-state index in [-0.39, 0.29) is 18.3 Å². The van der Waals surface area contributed by atoms with Gasteiger partial charge in [-0.15, -0.1) is 12.4 Å². The zero-order valence-electron chi connectivity index (χ0n) is 12.6. The number of rotatable bonds is 3. The third-order valence-electron chi connectivity index (χ3n) is 4.10. The number of likely N-dealkylation sites (N-methyl/N-ethyl adjacent to an activating group) is 1. The van der Waals surface area contributed by atoms with Crippen molar-refractivity contribution in [2.75, 3.05) is 20.1 Å². The zero-order valence-corrected chi connectivity index (χ0v) is 13.4. The summed E-state index contributed by atoms with van der Waals surface area (Å²) in [6.07, 6.45) is 2.65. The summed E-state index contributed by atoms with van der Waals surface area (Å²) in [5, 5.41) is 3.34. The van der Waals surface area contributed by atoms with E-state index in [0.29, 0.717) is 12.5 Å². The molecule has 112 valence electrons. The van der Waals surface area contributed by atoms with E-state index >= 15 is 0 Å². The van der Waals surface area contributed by atoms with E-state index in [0.717, 1.165) is 31.5 Å². The number of aryl methyl sites for hydroxylation is 2. The van der Waals surface area contributed by atoms with Crippen molar-refractivity contribution in [1.29, 1.82) is 0 Å². The summed E-state index contributed by atoms with van der Waals surface area (Å²) < 4.78 is 0. The number of halogens is 1. The van der Waals surface area contributed by atoms with Crippen LogP contribution in [0.2, 0.25) is 0 Å². The highest BCUT2D eigenvalue weighted by Crippen LogP contribution is 2.15. The summed E-state index contributed by atoms with van der Waals surface area (Å²) in [7, 11) is 1.95. The van der Waals surface area contributed by atoms with Crippen molar-refractivity contribution < 1.29 is 4.79 Å². The largest absolute Gasteiger partial charge is 0.342 e. The number of benzene rings is 1. The van der Waals surface area contributed by atoms with Crippen LogP contribution in [0.25, 0.3) is 0 Å². The van der Waals surface area contributed by atoms with Gasteiger partial charge in [-0.25, -0.2) is 0 Å². The van der Waals surface area contributed by atoms with Crippen molar-refractivity contribution >= 4 is 18.3 Å². The maximum Gasteiger partial charge on any atom is 0.226 e. The minimum absolute atomic E-state index is 0. The minimum atomic E-state index is 0.